The van der Waals surface area contributed by atoms with Crippen LogP contribution < -0.4 is 5.46 Å². The van der Waals surface area contributed by atoms with Gasteiger partial charge in [0.2, 0.25) is 0 Å². The SMILES string of the molecule is [B]c1c2ccccc2c(-c2ccc(C)c3ccccc23)c2ccccc12. The van der Waals surface area contributed by atoms with E-state index in [1.165, 1.54) is 38.2 Å². The lowest BCUT2D eigenvalue weighted by Gasteiger charge is -2.17. The topological polar surface area (TPSA) is 0 Å². The monoisotopic (exact) mass is 328 g/mol. The summed E-state index contributed by atoms with van der Waals surface area (Å²) < 4.78 is 0. The molecule has 0 aliphatic rings. The molecule has 0 aliphatic heterocycles. The largest absolute Gasteiger partial charge is 0.115 e. The van der Waals surface area contributed by atoms with Gasteiger partial charge < -0.3 is 0 Å². The van der Waals surface area contributed by atoms with Crippen molar-refractivity contribution in [2.24, 2.45) is 0 Å². The van der Waals surface area contributed by atoms with Crippen LogP contribution in [0.3, 0.4) is 0 Å². The molecule has 120 valence electrons. The van der Waals surface area contributed by atoms with Crippen molar-refractivity contribution in [3.63, 3.8) is 0 Å². The number of rotatable bonds is 1. The fourth-order valence-electron chi connectivity index (χ4n) is 4.12. The standard InChI is InChI=1S/C25H17B/c1-16-14-15-21(18-9-3-2-8-17(16)18)24-19-10-4-6-12-22(19)25(26)23-13-7-5-11-20(23)24/h2-15H,1H3. The number of hydrogen-bond donors (Lipinski definition) is 0. The number of fused-ring (bicyclic) bond motifs is 3. The quantitative estimate of drug-likeness (QED) is 0.265. The Balaban J connectivity index is 2.06. The fraction of sp³-hybridized carbons (Fsp3) is 0.0400. The molecule has 0 aromatic heterocycles. The highest BCUT2D eigenvalue weighted by atomic mass is 14.2. The molecular weight excluding hydrogens is 311 g/mol. The average Bonchev–Trinajstić information content (AvgIpc) is 2.70. The van der Waals surface area contributed by atoms with E-state index in [1.54, 1.807) is 0 Å². The summed E-state index contributed by atoms with van der Waals surface area (Å²) in [5, 5.41) is 7.23. The summed E-state index contributed by atoms with van der Waals surface area (Å²) in [4.78, 5) is 0. The molecule has 2 radical (unpaired) electrons. The van der Waals surface area contributed by atoms with Gasteiger partial charge >= 0.3 is 0 Å². The van der Waals surface area contributed by atoms with E-state index in [2.05, 4.69) is 91.9 Å². The van der Waals surface area contributed by atoms with Gasteiger partial charge in [-0.3, -0.25) is 0 Å². The first-order chi connectivity index (χ1) is 12.8. The van der Waals surface area contributed by atoms with Gasteiger partial charge in [-0.1, -0.05) is 90.4 Å². The van der Waals surface area contributed by atoms with Crippen molar-refractivity contribution in [1.29, 1.82) is 0 Å². The van der Waals surface area contributed by atoms with Crippen LogP contribution in [-0.2, 0) is 0 Å². The molecule has 0 saturated heterocycles. The molecule has 0 fully saturated rings. The fourth-order valence-corrected chi connectivity index (χ4v) is 4.12. The summed E-state index contributed by atoms with van der Waals surface area (Å²) in [6.45, 7) is 2.17. The minimum Gasteiger partial charge on any atom is -0.0812 e. The average molecular weight is 328 g/mol. The van der Waals surface area contributed by atoms with Gasteiger partial charge in [-0.2, -0.15) is 0 Å². The van der Waals surface area contributed by atoms with Crippen molar-refractivity contribution in [2.45, 2.75) is 6.92 Å². The van der Waals surface area contributed by atoms with Crippen molar-refractivity contribution in [1.82, 2.24) is 0 Å². The van der Waals surface area contributed by atoms with Crippen LogP contribution in [0.15, 0.2) is 84.9 Å². The van der Waals surface area contributed by atoms with Crippen LogP contribution in [0.2, 0.25) is 0 Å². The molecule has 0 heterocycles. The van der Waals surface area contributed by atoms with Gasteiger partial charge in [0.05, 0.1) is 0 Å². The molecule has 26 heavy (non-hydrogen) atoms. The van der Waals surface area contributed by atoms with Gasteiger partial charge in [-0.15, -0.1) is 0 Å². The Morgan fingerprint density at radius 2 is 0.962 bits per heavy atom. The summed E-state index contributed by atoms with van der Waals surface area (Å²) in [7, 11) is 6.54. The van der Waals surface area contributed by atoms with Crippen LogP contribution in [-0.4, -0.2) is 7.85 Å². The highest BCUT2D eigenvalue weighted by molar-refractivity contribution is 6.47. The van der Waals surface area contributed by atoms with Crippen LogP contribution in [0, 0.1) is 6.92 Å². The van der Waals surface area contributed by atoms with Gasteiger partial charge in [0.25, 0.3) is 0 Å². The molecule has 0 bridgehead atoms. The second-order valence-corrected chi connectivity index (χ2v) is 6.86. The summed E-state index contributed by atoms with van der Waals surface area (Å²) in [5.74, 6) is 0. The van der Waals surface area contributed by atoms with E-state index >= 15 is 0 Å². The van der Waals surface area contributed by atoms with E-state index in [1.807, 2.05) is 0 Å². The van der Waals surface area contributed by atoms with Crippen molar-refractivity contribution in [3.05, 3.63) is 90.5 Å². The molecule has 0 nitrogen and oxygen atoms in total. The van der Waals surface area contributed by atoms with Crippen molar-refractivity contribution >= 4 is 45.6 Å². The summed E-state index contributed by atoms with van der Waals surface area (Å²) in [5.41, 5.74) is 4.69. The molecule has 0 spiro atoms. The maximum Gasteiger partial charge on any atom is 0.115 e. The first-order valence-electron chi connectivity index (χ1n) is 8.93. The molecule has 0 aliphatic carbocycles. The highest BCUT2D eigenvalue weighted by Crippen LogP contribution is 2.39. The highest BCUT2D eigenvalue weighted by Gasteiger charge is 2.14. The number of benzene rings is 5. The zero-order valence-corrected chi connectivity index (χ0v) is 14.7. The normalized spacial score (nSPS) is 11.4. The Morgan fingerprint density at radius 3 is 1.54 bits per heavy atom. The van der Waals surface area contributed by atoms with Crippen molar-refractivity contribution < 1.29 is 0 Å². The molecule has 5 rings (SSSR count). The minimum atomic E-state index is 0.858. The van der Waals surface area contributed by atoms with Gasteiger partial charge in [0.15, 0.2) is 0 Å². The Labute approximate surface area is 154 Å². The van der Waals surface area contributed by atoms with E-state index in [9.17, 15) is 0 Å². The Morgan fingerprint density at radius 1 is 0.500 bits per heavy atom. The first-order valence-corrected chi connectivity index (χ1v) is 8.93. The van der Waals surface area contributed by atoms with Crippen LogP contribution in [0.1, 0.15) is 5.56 Å². The van der Waals surface area contributed by atoms with Crippen molar-refractivity contribution in [3.8, 4) is 11.1 Å². The third kappa shape index (κ3) is 2.10. The van der Waals surface area contributed by atoms with Crippen LogP contribution in [0.4, 0.5) is 0 Å². The van der Waals surface area contributed by atoms with E-state index < -0.39 is 0 Å². The lowest BCUT2D eigenvalue weighted by atomic mass is 9.80. The third-order valence-electron chi connectivity index (χ3n) is 5.38. The molecule has 5 aromatic rings. The number of aryl methyl sites for hydroxylation is 1. The van der Waals surface area contributed by atoms with Crippen LogP contribution in [0.5, 0.6) is 0 Å². The summed E-state index contributed by atoms with van der Waals surface area (Å²) in [6.07, 6.45) is 0. The summed E-state index contributed by atoms with van der Waals surface area (Å²) in [6, 6.07) is 30.0. The predicted octanol–water partition coefficient (Wildman–Crippen LogP) is 5.92. The van der Waals surface area contributed by atoms with E-state index in [-0.39, 0.29) is 0 Å². The zero-order valence-electron chi connectivity index (χ0n) is 14.7. The van der Waals surface area contributed by atoms with Gasteiger partial charge in [0.1, 0.15) is 7.85 Å². The first kappa shape index (κ1) is 15.2. The molecule has 0 saturated carbocycles. The molecule has 5 aromatic carbocycles. The number of hydrogen-bond acceptors (Lipinski definition) is 0. The predicted molar refractivity (Wildman–Crippen MR) is 115 cm³/mol. The van der Waals surface area contributed by atoms with Crippen molar-refractivity contribution in [2.75, 3.05) is 0 Å². The third-order valence-corrected chi connectivity index (χ3v) is 5.38. The molecule has 0 atom stereocenters. The molecule has 0 unspecified atom stereocenters. The maximum atomic E-state index is 6.54. The summed E-state index contributed by atoms with van der Waals surface area (Å²) >= 11 is 0. The minimum absolute atomic E-state index is 0.858. The lowest BCUT2D eigenvalue weighted by molar-refractivity contribution is 1.53. The van der Waals surface area contributed by atoms with E-state index in [0.29, 0.717) is 0 Å². The molecule has 0 amide bonds. The van der Waals surface area contributed by atoms with Gasteiger partial charge in [-0.25, -0.2) is 0 Å². The van der Waals surface area contributed by atoms with Gasteiger partial charge in [-0.05, 0) is 55.9 Å². The second kappa shape index (κ2) is 5.74. The van der Waals surface area contributed by atoms with Gasteiger partial charge in [0, 0.05) is 0 Å². The van der Waals surface area contributed by atoms with Crippen LogP contribution in [0.25, 0.3) is 43.4 Å². The Kier molecular flexibility index (Phi) is 3.36. The second-order valence-electron chi connectivity index (χ2n) is 6.86. The maximum absolute atomic E-state index is 6.54. The zero-order chi connectivity index (χ0) is 17.7. The lowest BCUT2D eigenvalue weighted by Crippen LogP contribution is -2.07. The molecule has 1 heteroatoms. The van der Waals surface area contributed by atoms with E-state index in [4.69, 9.17) is 7.85 Å². The molecular formula is C25H17B. The van der Waals surface area contributed by atoms with Crippen LogP contribution >= 0.6 is 0 Å². The smallest absolute Gasteiger partial charge is 0.0812 e. The molecule has 0 N–H and O–H groups in total. The van der Waals surface area contributed by atoms with E-state index in [0.717, 1.165) is 16.2 Å². The Bertz CT molecular complexity index is 1240. The Hall–Kier alpha value is -3.06.